The van der Waals surface area contributed by atoms with Crippen LogP contribution in [0.2, 0.25) is 5.28 Å². The van der Waals surface area contributed by atoms with Crippen molar-refractivity contribution in [1.82, 2.24) is 24.7 Å². The molecule has 1 N–H and O–H groups in total. The molecule has 196 valence electrons. The quantitative estimate of drug-likeness (QED) is 0.133. The van der Waals surface area contributed by atoms with E-state index in [9.17, 15) is 18.9 Å². The summed E-state index contributed by atoms with van der Waals surface area (Å²) in [6, 6.07) is 7.83. The minimum atomic E-state index is -0.636. The second-order valence-electron chi connectivity index (χ2n) is 8.74. The lowest BCUT2D eigenvalue weighted by molar-refractivity contribution is -0.384. The van der Waals surface area contributed by atoms with Crippen LogP contribution in [0.25, 0.3) is 5.69 Å². The minimum Gasteiger partial charge on any atom is -0.491 e. The van der Waals surface area contributed by atoms with Crippen LogP contribution < -0.4 is 10.1 Å². The van der Waals surface area contributed by atoms with Crippen molar-refractivity contribution in [1.29, 1.82) is 0 Å². The molecule has 1 aliphatic rings. The van der Waals surface area contributed by atoms with Gasteiger partial charge in [-0.1, -0.05) is 6.07 Å². The summed E-state index contributed by atoms with van der Waals surface area (Å²) in [6.45, 7) is 2.45. The third kappa shape index (κ3) is 5.25. The molecule has 4 aromatic rings. The molecule has 1 atom stereocenters. The number of nitrogens with one attached hydrogen (secondary N) is 1. The number of benzene rings is 2. The first-order chi connectivity index (χ1) is 18.3. The zero-order valence-corrected chi connectivity index (χ0v) is 21.0. The van der Waals surface area contributed by atoms with Crippen LogP contribution in [0.1, 0.15) is 41.4 Å². The van der Waals surface area contributed by atoms with Crippen LogP contribution in [0.4, 0.5) is 20.3 Å². The molecule has 2 aromatic heterocycles. The lowest BCUT2D eigenvalue weighted by Gasteiger charge is -2.15. The highest BCUT2D eigenvalue weighted by atomic mass is 35.5. The first kappa shape index (κ1) is 25.5. The SMILES string of the molecule is Cc1ncn(-c2ccc([N+](=O)[O-])cc2OCCCNc2nc(Cl)nc3c2CCC3c2ccc(F)cc2F)n1. The summed E-state index contributed by atoms with van der Waals surface area (Å²) in [4.78, 5) is 23.5. The Morgan fingerprint density at radius 2 is 2.08 bits per heavy atom. The Bertz CT molecular complexity index is 1510. The van der Waals surface area contributed by atoms with Crippen molar-refractivity contribution in [2.24, 2.45) is 0 Å². The fourth-order valence-electron chi connectivity index (χ4n) is 4.51. The van der Waals surface area contributed by atoms with E-state index in [0.29, 0.717) is 60.1 Å². The lowest BCUT2D eigenvalue weighted by atomic mass is 9.96. The summed E-state index contributed by atoms with van der Waals surface area (Å²) < 4.78 is 35.2. The van der Waals surface area contributed by atoms with E-state index in [4.69, 9.17) is 16.3 Å². The molecule has 0 amide bonds. The van der Waals surface area contributed by atoms with Crippen molar-refractivity contribution in [2.45, 2.75) is 32.1 Å². The molecule has 0 aliphatic heterocycles. The van der Waals surface area contributed by atoms with Crippen LogP contribution in [0, 0.1) is 28.7 Å². The van der Waals surface area contributed by atoms with E-state index in [1.54, 1.807) is 13.0 Å². The van der Waals surface area contributed by atoms with Crippen LogP contribution in [-0.2, 0) is 6.42 Å². The zero-order chi connectivity index (χ0) is 26.8. The van der Waals surface area contributed by atoms with Gasteiger partial charge in [0.25, 0.3) is 5.69 Å². The van der Waals surface area contributed by atoms with Crippen LogP contribution in [-0.4, -0.2) is 42.8 Å². The number of fused-ring (bicyclic) bond motifs is 1. The number of hydrogen-bond donors (Lipinski definition) is 1. The number of ether oxygens (including phenoxy) is 1. The van der Waals surface area contributed by atoms with Gasteiger partial charge in [0.1, 0.15) is 35.3 Å². The van der Waals surface area contributed by atoms with E-state index in [1.165, 1.54) is 35.3 Å². The number of aromatic nitrogens is 5. The smallest absolute Gasteiger partial charge is 0.273 e. The summed E-state index contributed by atoms with van der Waals surface area (Å²) >= 11 is 6.18. The monoisotopic (exact) mass is 541 g/mol. The van der Waals surface area contributed by atoms with Gasteiger partial charge in [-0.2, -0.15) is 5.10 Å². The van der Waals surface area contributed by atoms with E-state index in [1.807, 2.05) is 0 Å². The van der Waals surface area contributed by atoms with Crippen molar-refractivity contribution < 1.29 is 18.4 Å². The normalized spacial score (nSPS) is 14.4. The average molecular weight is 542 g/mol. The summed E-state index contributed by atoms with van der Waals surface area (Å²) in [5.41, 5.74) is 2.26. The number of aryl methyl sites for hydroxylation is 1. The number of hydrogen-bond acceptors (Lipinski definition) is 8. The fraction of sp³-hybridized carbons (Fsp3) is 0.280. The molecule has 1 aliphatic carbocycles. The topological polar surface area (TPSA) is 121 Å². The van der Waals surface area contributed by atoms with Gasteiger partial charge in [0, 0.05) is 30.2 Å². The van der Waals surface area contributed by atoms with Gasteiger partial charge in [-0.15, -0.1) is 0 Å². The molecule has 5 rings (SSSR count). The molecule has 0 saturated heterocycles. The Kier molecular flexibility index (Phi) is 7.14. The molecule has 0 radical (unpaired) electrons. The van der Waals surface area contributed by atoms with E-state index in [2.05, 4.69) is 25.4 Å². The molecule has 1 unspecified atom stereocenters. The lowest BCUT2D eigenvalue weighted by Crippen LogP contribution is -2.12. The van der Waals surface area contributed by atoms with Crippen molar-refractivity contribution >= 4 is 23.1 Å². The van der Waals surface area contributed by atoms with Gasteiger partial charge in [-0.3, -0.25) is 10.1 Å². The number of anilines is 1. The molecular formula is C25H22ClF2N7O3. The maximum Gasteiger partial charge on any atom is 0.273 e. The molecule has 0 saturated carbocycles. The second-order valence-corrected chi connectivity index (χ2v) is 9.07. The Hall–Kier alpha value is -4.19. The summed E-state index contributed by atoms with van der Waals surface area (Å²) in [5, 5.41) is 18.8. The number of rotatable bonds is 9. The van der Waals surface area contributed by atoms with Gasteiger partial charge in [-0.25, -0.2) is 28.4 Å². The largest absolute Gasteiger partial charge is 0.491 e. The Morgan fingerprint density at radius 1 is 1.24 bits per heavy atom. The van der Waals surface area contributed by atoms with Crippen molar-refractivity contribution in [3.8, 4) is 11.4 Å². The van der Waals surface area contributed by atoms with Gasteiger partial charge in [-0.05, 0) is 55.5 Å². The molecule has 10 nitrogen and oxygen atoms in total. The minimum absolute atomic E-state index is 0.0290. The van der Waals surface area contributed by atoms with Crippen LogP contribution >= 0.6 is 11.6 Å². The summed E-state index contributed by atoms with van der Waals surface area (Å²) in [5.74, 6) is -0.186. The molecule has 13 heteroatoms. The van der Waals surface area contributed by atoms with Gasteiger partial charge >= 0.3 is 0 Å². The van der Waals surface area contributed by atoms with Gasteiger partial charge in [0.05, 0.1) is 23.3 Å². The summed E-state index contributed by atoms with van der Waals surface area (Å²) in [7, 11) is 0. The van der Waals surface area contributed by atoms with E-state index in [-0.39, 0.29) is 23.5 Å². The molecule has 0 spiro atoms. The molecular weight excluding hydrogens is 520 g/mol. The highest BCUT2D eigenvalue weighted by Gasteiger charge is 2.31. The van der Waals surface area contributed by atoms with Crippen LogP contribution in [0.5, 0.6) is 5.75 Å². The van der Waals surface area contributed by atoms with Gasteiger partial charge in [0.2, 0.25) is 5.28 Å². The predicted octanol–water partition coefficient (Wildman–Crippen LogP) is 5.16. The Morgan fingerprint density at radius 3 is 2.82 bits per heavy atom. The van der Waals surface area contributed by atoms with Crippen molar-refractivity contribution in [3.05, 3.63) is 92.4 Å². The molecule has 2 heterocycles. The number of nitrogens with zero attached hydrogens (tertiary/aromatic N) is 6. The molecule has 0 bridgehead atoms. The van der Waals surface area contributed by atoms with Gasteiger partial charge < -0.3 is 10.1 Å². The van der Waals surface area contributed by atoms with Crippen molar-refractivity contribution in [2.75, 3.05) is 18.5 Å². The first-order valence-electron chi connectivity index (χ1n) is 11.8. The summed E-state index contributed by atoms with van der Waals surface area (Å²) in [6.07, 6.45) is 3.25. The third-order valence-electron chi connectivity index (χ3n) is 6.24. The standard InChI is InChI=1S/C25H22ClF2N7O3/c1-14-30-13-34(33-14)21-8-4-16(35(36)37)12-22(21)38-10-2-9-29-24-19-7-6-18(23(19)31-25(26)32-24)17-5-3-15(27)11-20(17)28/h3-5,8,11-13,18H,2,6-7,9-10H2,1H3,(H,29,31,32). The maximum atomic E-state index is 14.4. The highest BCUT2D eigenvalue weighted by Crippen LogP contribution is 2.41. The average Bonchev–Trinajstić information content (AvgIpc) is 3.50. The zero-order valence-electron chi connectivity index (χ0n) is 20.2. The van der Waals surface area contributed by atoms with Gasteiger partial charge in [0.15, 0.2) is 5.75 Å². The Labute approximate surface area is 220 Å². The van der Waals surface area contributed by atoms with Crippen molar-refractivity contribution in [3.63, 3.8) is 0 Å². The van der Waals surface area contributed by atoms with E-state index >= 15 is 0 Å². The predicted molar refractivity (Wildman–Crippen MR) is 135 cm³/mol. The number of nitro benzene ring substituents is 1. The van der Waals surface area contributed by atoms with E-state index in [0.717, 1.165) is 11.6 Å². The highest BCUT2D eigenvalue weighted by molar-refractivity contribution is 6.28. The third-order valence-corrected chi connectivity index (χ3v) is 6.41. The number of nitro groups is 1. The fourth-order valence-corrected chi connectivity index (χ4v) is 4.69. The Balaban J connectivity index is 1.26. The van der Waals surface area contributed by atoms with Crippen LogP contribution in [0.15, 0.2) is 42.7 Å². The first-order valence-corrected chi connectivity index (χ1v) is 12.2. The molecule has 0 fully saturated rings. The maximum absolute atomic E-state index is 14.4. The van der Waals surface area contributed by atoms with E-state index < -0.39 is 16.6 Å². The number of non-ortho nitro benzene ring substituents is 1. The number of halogens is 3. The second kappa shape index (κ2) is 10.7. The molecule has 38 heavy (non-hydrogen) atoms. The molecule has 2 aromatic carbocycles. The van der Waals surface area contributed by atoms with Crippen LogP contribution in [0.3, 0.4) is 0 Å².